The Morgan fingerprint density at radius 1 is 0.872 bits per heavy atom. The maximum absolute atomic E-state index is 13.5. The van der Waals surface area contributed by atoms with Crippen LogP contribution in [0.5, 0.6) is 17.2 Å². The van der Waals surface area contributed by atoms with Crippen LogP contribution < -0.4 is 9.47 Å². The Labute approximate surface area is 228 Å². The van der Waals surface area contributed by atoms with Crippen molar-refractivity contribution < 1.29 is 29.0 Å². The van der Waals surface area contributed by atoms with Crippen LogP contribution in [0.25, 0.3) is 0 Å². The molecule has 3 unspecified atom stereocenters. The Kier molecular flexibility index (Phi) is 7.96. The fourth-order valence-corrected chi connectivity index (χ4v) is 5.58. The highest BCUT2D eigenvalue weighted by atomic mass is 16.5. The van der Waals surface area contributed by atoms with Crippen LogP contribution in [0.4, 0.5) is 0 Å². The summed E-state index contributed by atoms with van der Waals surface area (Å²) in [5, 5.41) is 9.93. The van der Waals surface area contributed by atoms with Gasteiger partial charge in [0.1, 0.15) is 17.2 Å². The van der Waals surface area contributed by atoms with Gasteiger partial charge in [0.05, 0.1) is 17.8 Å². The molecule has 0 heterocycles. The molecule has 7 heteroatoms. The molecule has 0 saturated heterocycles. The second-order valence-electron chi connectivity index (χ2n) is 10.3. The van der Waals surface area contributed by atoms with Crippen molar-refractivity contribution in [1.82, 2.24) is 4.90 Å². The minimum absolute atomic E-state index is 0.170. The van der Waals surface area contributed by atoms with E-state index in [2.05, 4.69) is 0 Å². The third-order valence-electron chi connectivity index (χ3n) is 7.65. The molecule has 0 aromatic heterocycles. The number of esters is 1. The average Bonchev–Trinajstić information content (AvgIpc) is 3.37. The number of carbonyl (C=O) groups is 3. The maximum atomic E-state index is 13.5. The summed E-state index contributed by atoms with van der Waals surface area (Å²) in [6.07, 6.45) is 3.96. The predicted molar refractivity (Wildman–Crippen MR) is 145 cm³/mol. The summed E-state index contributed by atoms with van der Waals surface area (Å²) in [5.74, 6) is -2.80. The quantitative estimate of drug-likeness (QED) is 0.271. The normalized spacial score (nSPS) is 19.5. The molecule has 0 spiro atoms. The number of rotatable bonds is 10. The van der Waals surface area contributed by atoms with E-state index in [1.54, 1.807) is 11.0 Å². The molecule has 1 saturated carbocycles. The Bertz CT molecular complexity index is 1340. The number of carbonyl (C=O) groups excluding carboxylic acids is 2. The Morgan fingerprint density at radius 3 is 2.28 bits per heavy atom. The van der Waals surface area contributed by atoms with Crippen molar-refractivity contribution in [3.8, 4) is 17.2 Å². The van der Waals surface area contributed by atoms with Gasteiger partial charge in [-0.3, -0.25) is 14.4 Å². The zero-order valence-corrected chi connectivity index (χ0v) is 22.0. The third kappa shape index (κ3) is 5.98. The number of nitrogens with zero attached hydrogens (tertiary/aromatic N) is 1. The lowest BCUT2D eigenvalue weighted by atomic mass is 9.64. The first kappa shape index (κ1) is 26.5. The van der Waals surface area contributed by atoms with Gasteiger partial charge in [-0.25, -0.2) is 0 Å². The van der Waals surface area contributed by atoms with Crippen LogP contribution in [0.1, 0.15) is 42.9 Å². The molecule has 5 rings (SSSR count). The van der Waals surface area contributed by atoms with Crippen molar-refractivity contribution in [2.24, 2.45) is 17.8 Å². The summed E-state index contributed by atoms with van der Waals surface area (Å²) in [5.41, 5.74) is 3.35. The minimum atomic E-state index is -1.14. The summed E-state index contributed by atoms with van der Waals surface area (Å²) >= 11 is 0. The summed E-state index contributed by atoms with van der Waals surface area (Å²) < 4.78 is 11.4. The highest BCUT2D eigenvalue weighted by molar-refractivity contribution is 5.92. The van der Waals surface area contributed by atoms with E-state index >= 15 is 0 Å². The molecular formula is C32H33NO6. The van der Waals surface area contributed by atoms with Crippen molar-refractivity contribution >= 4 is 17.8 Å². The van der Waals surface area contributed by atoms with Crippen LogP contribution in [0.2, 0.25) is 0 Å². The summed E-state index contributed by atoms with van der Waals surface area (Å²) in [6, 6.07) is 22.6. The van der Waals surface area contributed by atoms with Crippen LogP contribution in [-0.4, -0.2) is 34.4 Å². The number of ether oxygens (including phenoxy) is 2. The lowest BCUT2D eigenvalue weighted by molar-refractivity contribution is -0.170. The molecule has 2 aliphatic carbocycles. The Balaban J connectivity index is 1.22. The molecule has 0 aliphatic heterocycles. The van der Waals surface area contributed by atoms with Crippen molar-refractivity contribution in [3.05, 3.63) is 89.5 Å². The van der Waals surface area contributed by atoms with Crippen molar-refractivity contribution in [2.45, 2.75) is 45.6 Å². The SMILES string of the molecule is CCCN(Cc1ccc(Oc2ccccc2)cc1)C(=O)C1CC(C(=O)Oc2ccc3c(c2)CCC3)C1C(=O)O. The monoisotopic (exact) mass is 527 g/mol. The smallest absolute Gasteiger partial charge is 0.315 e. The van der Waals surface area contributed by atoms with E-state index in [1.807, 2.05) is 73.7 Å². The largest absolute Gasteiger partial charge is 0.481 e. The van der Waals surface area contributed by atoms with E-state index in [1.165, 1.54) is 11.1 Å². The highest BCUT2D eigenvalue weighted by Crippen LogP contribution is 2.43. The van der Waals surface area contributed by atoms with Gasteiger partial charge in [-0.1, -0.05) is 43.3 Å². The minimum Gasteiger partial charge on any atom is -0.481 e. The fourth-order valence-electron chi connectivity index (χ4n) is 5.58. The van der Waals surface area contributed by atoms with E-state index in [4.69, 9.17) is 9.47 Å². The lowest BCUT2D eigenvalue weighted by Crippen LogP contribution is -2.54. The molecule has 1 fully saturated rings. The van der Waals surface area contributed by atoms with Crippen LogP contribution in [0, 0.1) is 17.8 Å². The number of hydrogen-bond donors (Lipinski definition) is 1. The number of fused-ring (bicyclic) bond motifs is 1. The molecule has 1 N–H and O–H groups in total. The fraction of sp³-hybridized carbons (Fsp3) is 0.344. The van der Waals surface area contributed by atoms with E-state index < -0.39 is 29.7 Å². The summed E-state index contributed by atoms with van der Waals surface area (Å²) in [4.78, 5) is 40.2. The topological polar surface area (TPSA) is 93.1 Å². The van der Waals surface area contributed by atoms with Gasteiger partial charge in [-0.2, -0.15) is 0 Å². The first-order chi connectivity index (χ1) is 18.9. The molecule has 3 atom stereocenters. The second kappa shape index (κ2) is 11.7. The number of carboxylic acids is 1. The molecule has 0 radical (unpaired) electrons. The van der Waals surface area contributed by atoms with Gasteiger partial charge in [0.25, 0.3) is 0 Å². The van der Waals surface area contributed by atoms with Gasteiger partial charge in [0.15, 0.2) is 0 Å². The Morgan fingerprint density at radius 2 is 1.56 bits per heavy atom. The van der Waals surface area contributed by atoms with Gasteiger partial charge < -0.3 is 19.5 Å². The molecule has 202 valence electrons. The van der Waals surface area contributed by atoms with Crippen molar-refractivity contribution in [3.63, 3.8) is 0 Å². The van der Waals surface area contributed by atoms with Gasteiger partial charge in [0, 0.05) is 13.1 Å². The molecule has 0 bridgehead atoms. The number of aryl methyl sites for hydroxylation is 2. The highest BCUT2D eigenvalue weighted by Gasteiger charge is 2.54. The van der Waals surface area contributed by atoms with E-state index in [9.17, 15) is 19.5 Å². The molecule has 39 heavy (non-hydrogen) atoms. The van der Waals surface area contributed by atoms with Gasteiger partial charge >= 0.3 is 11.9 Å². The van der Waals surface area contributed by atoms with Crippen LogP contribution in [-0.2, 0) is 33.8 Å². The maximum Gasteiger partial charge on any atom is 0.315 e. The molecule has 1 amide bonds. The first-order valence-corrected chi connectivity index (χ1v) is 13.6. The van der Waals surface area contributed by atoms with E-state index in [0.29, 0.717) is 24.6 Å². The Hall–Kier alpha value is -4.13. The second-order valence-corrected chi connectivity index (χ2v) is 10.3. The number of aliphatic carboxylic acids is 1. The van der Waals surface area contributed by atoms with Crippen LogP contribution >= 0.6 is 0 Å². The zero-order chi connectivity index (χ0) is 27.4. The van der Waals surface area contributed by atoms with E-state index in [-0.39, 0.29) is 12.3 Å². The molecular weight excluding hydrogens is 494 g/mol. The van der Waals surface area contributed by atoms with Crippen LogP contribution in [0.15, 0.2) is 72.8 Å². The summed E-state index contributed by atoms with van der Waals surface area (Å²) in [7, 11) is 0. The number of para-hydroxylation sites is 1. The number of carboxylic acid groups (broad SMARTS) is 1. The number of benzene rings is 3. The number of hydrogen-bond acceptors (Lipinski definition) is 5. The molecule has 3 aromatic rings. The average molecular weight is 528 g/mol. The molecule has 2 aliphatic rings. The van der Waals surface area contributed by atoms with Crippen molar-refractivity contribution in [1.29, 1.82) is 0 Å². The first-order valence-electron chi connectivity index (χ1n) is 13.6. The molecule has 3 aromatic carbocycles. The summed E-state index contributed by atoms with van der Waals surface area (Å²) in [6.45, 7) is 2.82. The van der Waals surface area contributed by atoms with Crippen LogP contribution in [0.3, 0.4) is 0 Å². The van der Waals surface area contributed by atoms with Gasteiger partial charge in [0.2, 0.25) is 5.91 Å². The predicted octanol–water partition coefficient (Wildman–Crippen LogP) is 5.65. The third-order valence-corrected chi connectivity index (χ3v) is 7.65. The van der Waals surface area contributed by atoms with Crippen molar-refractivity contribution in [2.75, 3.05) is 6.54 Å². The number of amides is 1. The van der Waals surface area contributed by atoms with Gasteiger partial charge in [-0.05, 0) is 85.2 Å². The van der Waals surface area contributed by atoms with E-state index in [0.717, 1.165) is 37.0 Å². The lowest BCUT2D eigenvalue weighted by Gasteiger charge is -2.41. The standard InChI is InChI=1S/C32H33NO6/c1-2-17-33(20-21-11-14-25(15-12-21)38-24-9-4-3-5-10-24)30(34)27-19-28(29(27)31(35)36)32(37)39-26-16-13-22-7-6-8-23(22)18-26/h3-5,9-16,18,27-29H,2,6-8,17,19-20H2,1H3,(H,35,36). The zero-order valence-electron chi connectivity index (χ0n) is 22.0. The molecule has 7 nitrogen and oxygen atoms in total. The van der Waals surface area contributed by atoms with Gasteiger partial charge in [-0.15, -0.1) is 0 Å².